The summed E-state index contributed by atoms with van der Waals surface area (Å²) < 4.78 is 0. The molecule has 2 nitrogen and oxygen atoms in total. The Labute approximate surface area is 86.5 Å². The summed E-state index contributed by atoms with van der Waals surface area (Å²) in [6, 6.07) is 8.93. The first-order valence-corrected chi connectivity index (χ1v) is 5.28. The summed E-state index contributed by atoms with van der Waals surface area (Å²) in [5.74, 6) is 0. The Morgan fingerprint density at radius 1 is 1.29 bits per heavy atom. The Morgan fingerprint density at radius 2 is 1.93 bits per heavy atom. The molecule has 0 aliphatic carbocycles. The lowest BCUT2D eigenvalue weighted by atomic mass is 10.1. The van der Waals surface area contributed by atoms with Crippen molar-refractivity contribution in [1.29, 1.82) is 0 Å². The smallest absolute Gasteiger partial charge is 0.0211 e. The summed E-state index contributed by atoms with van der Waals surface area (Å²) in [5.41, 5.74) is 8.35. The molecule has 1 rings (SSSR count). The maximum atomic E-state index is 5.54. The molecule has 14 heavy (non-hydrogen) atoms. The fourth-order valence-corrected chi connectivity index (χ4v) is 1.44. The van der Waals surface area contributed by atoms with Crippen LogP contribution in [0.5, 0.6) is 0 Å². The first-order valence-electron chi connectivity index (χ1n) is 5.28. The van der Waals surface area contributed by atoms with Crippen molar-refractivity contribution in [3.8, 4) is 0 Å². The van der Waals surface area contributed by atoms with Crippen molar-refractivity contribution >= 4 is 0 Å². The molecular weight excluding hydrogens is 172 g/mol. The van der Waals surface area contributed by atoms with E-state index in [1.807, 2.05) is 0 Å². The molecular formula is C12H20N2. The minimum absolute atomic E-state index is 0.389. The predicted octanol–water partition coefficient (Wildman–Crippen LogP) is 1.69. The topological polar surface area (TPSA) is 38.0 Å². The Bertz CT molecular complexity index is 271. The molecule has 1 aromatic rings. The van der Waals surface area contributed by atoms with E-state index in [9.17, 15) is 0 Å². The lowest BCUT2D eigenvalue weighted by molar-refractivity contribution is 0.554. The van der Waals surface area contributed by atoms with Gasteiger partial charge >= 0.3 is 0 Å². The van der Waals surface area contributed by atoms with Crippen LogP contribution in [0.4, 0.5) is 0 Å². The average Bonchev–Trinajstić information content (AvgIpc) is 2.26. The second kappa shape index (κ2) is 5.78. The average molecular weight is 192 g/mol. The van der Waals surface area contributed by atoms with Gasteiger partial charge in [-0.05, 0) is 24.5 Å². The number of hydrogen-bond donors (Lipinski definition) is 2. The van der Waals surface area contributed by atoms with Gasteiger partial charge in [-0.1, -0.05) is 31.2 Å². The van der Waals surface area contributed by atoms with Gasteiger partial charge in [0.2, 0.25) is 0 Å². The molecule has 0 amide bonds. The monoisotopic (exact) mass is 192 g/mol. The standard InChI is InChI=1S/C12H20N2/c1-3-11-6-4-5-7-12(11)9-14-10(2)8-13/h4-7,10,14H,3,8-9,13H2,1-2H3/t10-/m1/s1. The summed E-state index contributed by atoms with van der Waals surface area (Å²) in [7, 11) is 0. The molecule has 78 valence electrons. The predicted molar refractivity (Wildman–Crippen MR) is 61.2 cm³/mol. The van der Waals surface area contributed by atoms with Gasteiger partial charge in [0.25, 0.3) is 0 Å². The number of rotatable bonds is 5. The van der Waals surface area contributed by atoms with Gasteiger partial charge < -0.3 is 11.1 Å². The van der Waals surface area contributed by atoms with Crippen molar-refractivity contribution in [2.45, 2.75) is 32.9 Å². The van der Waals surface area contributed by atoms with Crippen molar-refractivity contribution in [2.75, 3.05) is 6.54 Å². The Hall–Kier alpha value is -0.860. The van der Waals surface area contributed by atoms with E-state index in [0.29, 0.717) is 12.6 Å². The van der Waals surface area contributed by atoms with E-state index in [-0.39, 0.29) is 0 Å². The van der Waals surface area contributed by atoms with E-state index in [1.165, 1.54) is 11.1 Å². The fourth-order valence-electron chi connectivity index (χ4n) is 1.44. The zero-order chi connectivity index (χ0) is 10.4. The Balaban J connectivity index is 2.57. The molecule has 0 aliphatic heterocycles. The van der Waals surface area contributed by atoms with Gasteiger partial charge in [-0.2, -0.15) is 0 Å². The minimum Gasteiger partial charge on any atom is -0.329 e. The molecule has 0 spiro atoms. The summed E-state index contributed by atoms with van der Waals surface area (Å²) in [6.07, 6.45) is 1.09. The minimum atomic E-state index is 0.389. The van der Waals surface area contributed by atoms with Crippen LogP contribution in [0.15, 0.2) is 24.3 Å². The Kier molecular flexibility index (Phi) is 4.63. The van der Waals surface area contributed by atoms with Crippen LogP contribution in [0.2, 0.25) is 0 Å². The van der Waals surface area contributed by atoms with E-state index < -0.39 is 0 Å². The molecule has 2 heteroatoms. The summed E-state index contributed by atoms with van der Waals surface area (Å²) in [4.78, 5) is 0. The second-order valence-corrected chi connectivity index (χ2v) is 3.64. The highest BCUT2D eigenvalue weighted by atomic mass is 14.9. The highest BCUT2D eigenvalue weighted by molar-refractivity contribution is 5.26. The molecule has 0 radical (unpaired) electrons. The normalized spacial score (nSPS) is 12.8. The zero-order valence-electron chi connectivity index (χ0n) is 9.09. The zero-order valence-corrected chi connectivity index (χ0v) is 9.09. The van der Waals surface area contributed by atoms with Crippen LogP contribution in [0.1, 0.15) is 25.0 Å². The fraction of sp³-hybridized carbons (Fsp3) is 0.500. The molecule has 0 fully saturated rings. The quantitative estimate of drug-likeness (QED) is 0.745. The van der Waals surface area contributed by atoms with E-state index in [4.69, 9.17) is 5.73 Å². The van der Waals surface area contributed by atoms with Gasteiger partial charge in [0, 0.05) is 19.1 Å². The van der Waals surface area contributed by atoms with Gasteiger partial charge in [0.1, 0.15) is 0 Å². The molecule has 0 aromatic heterocycles. The number of benzene rings is 1. The third-order valence-electron chi connectivity index (χ3n) is 2.49. The Morgan fingerprint density at radius 3 is 2.50 bits per heavy atom. The van der Waals surface area contributed by atoms with Gasteiger partial charge in [-0.25, -0.2) is 0 Å². The molecule has 0 aliphatic rings. The third kappa shape index (κ3) is 3.13. The molecule has 0 saturated heterocycles. The number of nitrogens with one attached hydrogen (secondary N) is 1. The van der Waals surface area contributed by atoms with Crippen molar-refractivity contribution in [1.82, 2.24) is 5.32 Å². The molecule has 1 atom stereocenters. The maximum Gasteiger partial charge on any atom is 0.0211 e. The molecule has 0 unspecified atom stereocenters. The first-order chi connectivity index (χ1) is 6.77. The van der Waals surface area contributed by atoms with Crippen molar-refractivity contribution in [3.05, 3.63) is 35.4 Å². The van der Waals surface area contributed by atoms with Crippen LogP contribution < -0.4 is 11.1 Å². The summed E-state index contributed by atoms with van der Waals surface area (Å²) in [5, 5.41) is 3.40. The maximum absolute atomic E-state index is 5.54. The van der Waals surface area contributed by atoms with Crippen LogP contribution in [-0.4, -0.2) is 12.6 Å². The van der Waals surface area contributed by atoms with E-state index in [0.717, 1.165) is 13.0 Å². The van der Waals surface area contributed by atoms with Gasteiger partial charge in [0.05, 0.1) is 0 Å². The molecule has 3 N–H and O–H groups in total. The number of nitrogens with two attached hydrogens (primary N) is 1. The van der Waals surface area contributed by atoms with Crippen LogP contribution in [0.25, 0.3) is 0 Å². The van der Waals surface area contributed by atoms with Crippen LogP contribution >= 0.6 is 0 Å². The summed E-state index contributed by atoms with van der Waals surface area (Å²) >= 11 is 0. The van der Waals surface area contributed by atoms with E-state index >= 15 is 0 Å². The van der Waals surface area contributed by atoms with Crippen LogP contribution in [-0.2, 0) is 13.0 Å². The molecule has 0 heterocycles. The van der Waals surface area contributed by atoms with E-state index in [2.05, 4.69) is 43.4 Å². The first kappa shape index (κ1) is 11.2. The van der Waals surface area contributed by atoms with Crippen molar-refractivity contribution in [2.24, 2.45) is 5.73 Å². The van der Waals surface area contributed by atoms with Crippen molar-refractivity contribution in [3.63, 3.8) is 0 Å². The SMILES string of the molecule is CCc1ccccc1CN[C@H](C)CN. The highest BCUT2D eigenvalue weighted by Crippen LogP contribution is 2.08. The number of aryl methyl sites for hydroxylation is 1. The number of hydrogen-bond acceptors (Lipinski definition) is 2. The van der Waals surface area contributed by atoms with Gasteiger partial charge in [0.15, 0.2) is 0 Å². The van der Waals surface area contributed by atoms with Crippen molar-refractivity contribution < 1.29 is 0 Å². The van der Waals surface area contributed by atoms with Gasteiger partial charge in [-0.15, -0.1) is 0 Å². The second-order valence-electron chi connectivity index (χ2n) is 3.64. The molecule has 0 bridgehead atoms. The van der Waals surface area contributed by atoms with Crippen LogP contribution in [0, 0.1) is 0 Å². The molecule has 0 saturated carbocycles. The van der Waals surface area contributed by atoms with Crippen LogP contribution in [0.3, 0.4) is 0 Å². The third-order valence-corrected chi connectivity index (χ3v) is 2.49. The largest absolute Gasteiger partial charge is 0.329 e. The van der Waals surface area contributed by atoms with E-state index in [1.54, 1.807) is 0 Å². The lowest BCUT2D eigenvalue weighted by Crippen LogP contribution is -2.32. The highest BCUT2D eigenvalue weighted by Gasteiger charge is 2.01. The van der Waals surface area contributed by atoms with Gasteiger partial charge in [-0.3, -0.25) is 0 Å². The summed E-state index contributed by atoms with van der Waals surface area (Å²) in [6.45, 7) is 5.90. The lowest BCUT2D eigenvalue weighted by Gasteiger charge is -2.13. The molecule has 1 aromatic carbocycles.